The lowest BCUT2D eigenvalue weighted by Crippen LogP contribution is -2.55. The number of rotatable bonds is 15. The number of amides is 3. The van der Waals surface area contributed by atoms with Crippen LogP contribution in [0, 0.1) is 11.8 Å². The Balaban J connectivity index is 1.56. The molecule has 3 unspecified atom stereocenters. The smallest absolute Gasteiger partial charge is 0.407 e. The van der Waals surface area contributed by atoms with Crippen LogP contribution in [0.25, 0.3) is 0 Å². The zero-order valence-corrected chi connectivity index (χ0v) is 30.9. The first-order valence-electron chi connectivity index (χ1n) is 18.1. The summed E-state index contributed by atoms with van der Waals surface area (Å²) in [6, 6.07) is 25.5. The average molecular weight is 701 g/mol. The van der Waals surface area contributed by atoms with E-state index in [4.69, 9.17) is 9.47 Å². The minimum Gasteiger partial charge on any atom is -0.457 e. The summed E-state index contributed by atoms with van der Waals surface area (Å²) < 4.78 is 11.5. The van der Waals surface area contributed by atoms with Crippen LogP contribution in [0.4, 0.5) is 4.79 Å². The van der Waals surface area contributed by atoms with Gasteiger partial charge in [-0.3, -0.25) is 9.59 Å². The van der Waals surface area contributed by atoms with Crippen molar-refractivity contribution in [1.82, 2.24) is 20.9 Å². The van der Waals surface area contributed by atoms with E-state index in [2.05, 4.69) is 16.0 Å². The number of nitrogens with one attached hydrogen (secondary N) is 3. The first-order chi connectivity index (χ1) is 24.3. The Hall–Kier alpha value is -4.41. The highest BCUT2D eigenvalue weighted by atomic mass is 16.6. The molecule has 3 amide bonds. The number of piperidine rings is 1. The number of ether oxygens (including phenoxy) is 2. The highest BCUT2D eigenvalue weighted by molar-refractivity contribution is 5.89. The molecule has 0 radical (unpaired) electrons. The Morgan fingerprint density at radius 1 is 0.824 bits per heavy atom. The minimum atomic E-state index is -1.11. The molecule has 10 nitrogen and oxygen atoms in total. The third-order valence-corrected chi connectivity index (χ3v) is 9.19. The fourth-order valence-electron chi connectivity index (χ4n) is 6.32. The second-order valence-corrected chi connectivity index (χ2v) is 14.8. The largest absolute Gasteiger partial charge is 0.457 e. The summed E-state index contributed by atoms with van der Waals surface area (Å²) in [7, 11) is 1.94. The number of para-hydroxylation sites is 1. The maximum Gasteiger partial charge on any atom is 0.407 e. The van der Waals surface area contributed by atoms with Crippen molar-refractivity contribution in [2.75, 3.05) is 20.1 Å². The van der Waals surface area contributed by atoms with E-state index in [9.17, 15) is 19.5 Å². The maximum atomic E-state index is 14.2. The first-order valence-corrected chi connectivity index (χ1v) is 18.1. The van der Waals surface area contributed by atoms with Crippen LogP contribution >= 0.6 is 0 Å². The van der Waals surface area contributed by atoms with Crippen molar-refractivity contribution in [1.29, 1.82) is 0 Å². The number of alkyl carbamates (subject to hydrolysis) is 1. The quantitative estimate of drug-likeness (QED) is 0.156. The summed E-state index contributed by atoms with van der Waals surface area (Å²) >= 11 is 0. The van der Waals surface area contributed by atoms with Gasteiger partial charge in [0.05, 0.1) is 12.1 Å². The molecule has 3 aromatic rings. The predicted molar refractivity (Wildman–Crippen MR) is 200 cm³/mol. The van der Waals surface area contributed by atoms with Gasteiger partial charge in [0.2, 0.25) is 11.8 Å². The topological polar surface area (TPSA) is 129 Å². The molecule has 0 bridgehead atoms. The molecular weight excluding hydrogens is 644 g/mol. The zero-order chi connectivity index (χ0) is 37.0. The molecule has 0 aromatic heterocycles. The van der Waals surface area contributed by atoms with Crippen molar-refractivity contribution < 1.29 is 29.0 Å². The van der Waals surface area contributed by atoms with Gasteiger partial charge in [0, 0.05) is 25.0 Å². The monoisotopic (exact) mass is 700 g/mol. The van der Waals surface area contributed by atoms with Crippen molar-refractivity contribution in [2.45, 2.75) is 96.6 Å². The second kappa shape index (κ2) is 18.7. The van der Waals surface area contributed by atoms with Gasteiger partial charge in [0.1, 0.15) is 23.1 Å². The lowest BCUT2D eigenvalue weighted by molar-refractivity contribution is -0.139. The maximum absolute atomic E-state index is 14.2. The molecule has 4 N–H and O–H groups in total. The number of nitrogens with zero attached hydrogens (tertiary/aromatic N) is 1. The van der Waals surface area contributed by atoms with Crippen LogP contribution in [0.2, 0.25) is 0 Å². The highest BCUT2D eigenvalue weighted by Crippen LogP contribution is 2.25. The molecule has 1 aliphatic heterocycles. The van der Waals surface area contributed by atoms with Crippen molar-refractivity contribution >= 4 is 17.9 Å². The summed E-state index contributed by atoms with van der Waals surface area (Å²) in [5.41, 5.74) is 1.05. The number of aliphatic hydroxyl groups excluding tert-OH is 1. The third kappa shape index (κ3) is 12.7. The molecule has 4 atom stereocenters. The number of hydrogen-bond acceptors (Lipinski definition) is 7. The van der Waals surface area contributed by atoms with E-state index in [0.717, 1.165) is 24.0 Å². The van der Waals surface area contributed by atoms with E-state index in [-0.39, 0.29) is 24.2 Å². The number of hydrogen-bond donors (Lipinski definition) is 4. The van der Waals surface area contributed by atoms with Crippen LogP contribution in [-0.2, 0) is 27.2 Å². The van der Waals surface area contributed by atoms with Gasteiger partial charge in [-0.05, 0) is 101 Å². The van der Waals surface area contributed by atoms with Crippen molar-refractivity contribution in [3.8, 4) is 11.5 Å². The average Bonchev–Trinajstić information content (AvgIpc) is 3.10. The molecule has 0 spiro atoms. The van der Waals surface area contributed by atoms with Gasteiger partial charge < -0.3 is 35.4 Å². The van der Waals surface area contributed by atoms with E-state index in [1.165, 1.54) is 0 Å². The van der Waals surface area contributed by atoms with Gasteiger partial charge in [0.25, 0.3) is 0 Å². The Bertz CT molecular complexity index is 1520. The standard InChI is InChI=1S/C41H56N4O6/c1-28(2)37(39(48)45-23-21-32(42-6)22-24-45)44-38(47)31(25-30-17-19-34(20-18-30)50-33-15-11-8-12-16-33)27-36(46)35(26-29-13-9-7-10-14-29)43-40(49)51-41(3,4)5/h7-20,28,31-32,35-37,42,46H,21-27H2,1-6H3,(H,43,49)(H,44,47)/t31?,35?,36?,37-/m0/s1. The van der Waals surface area contributed by atoms with Crippen LogP contribution in [0.1, 0.15) is 65.0 Å². The number of aliphatic hydroxyl groups is 1. The van der Waals surface area contributed by atoms with Crippen molar-refractivity contribution in [3.63, 3.8) is 0 Å². The molecule has 0 saturated carbocycles. The fraction of sp³-hybridized carbons (Fsp3) is 0.488. The zero-order valence-electron chi connectivity index (χ0n) is 30.9. The number of carbonyl (C=O) groups is 3. The molecule has 3 aromatic carbocycles. The van der Waals surface area contributed by atoms with Gasteiger partial charge in [-0.25, -0.2) is 4.79 Å². The third-order valence-electron chi connectivity index (χ3n) is 9.19. The Kier molecular flexibility index (Phi) is 14.5. The minimum absolute atomic E-state index is 0.0357. The summed E-state index contributed by atoms with van der Waals surface area (Å²) in [5, 5.41) is 21.0. The fourth-order valence-corrected chi connectivity index (χ4v) is 6.32. The van der Waals surface area contributed by atoms with Gasteiger partial charge in [0.15, 0.2) is 0 Å². The first kappa shape index (κ1) is 39.4. The Labute approximate surface area is 303 Å². The number of carbonyl (C=O) groups excluding carboxylic acids is 3. The highest BCUT2D eigenvalue weighted by Gasteiger charge is 2.35. The van der Waals surface area contributed by atoms with E-state index in [1.54, 1.807) is 20.8 Å². The molecule has 1 saturated heterocycles. The molecule has 51 heavy (non-hydrogen) atoms. The number of benzene rings is 3. The van der Waals surface area contributed by atoms with E-state index < -0.39 is 35.8 Å². The molecular formula is C41H56N4O6. The Morgan fingerprint density at radius 2 is 1.39 bits per heavy atom. The van der Waals surface area contributed by atoms with Crippen molar-refractivity contribution in [3.05, 3.63) is 96.1 Å². The van der Waals surface area contributed by atoms with E-state index in [1.807, 2.05) is 111 Å². The lowest BCUT2D eigenvalue weighted by Gasteiger charge is -2.36. The van der Waals surface area contributed by atoms with Crippen LogP contribution in [0.3, 0.4) is 0 Å². The predicted octanol–water partition coefficient (Wildman–Crippen LogP) is 5.88. The SMILES string of the molecule is CNC1CCN(C(=O)[C@@H](NC(=O)C(Cc2ccc(Oc3ccccc3)cc2)CC(O)C(Cc2ccccc2)NC(=O)OC(C)(C)C)C(C)C)CC1. The van der Waals surface area contributed by atoms with Gasteiger partial charge in [-0.1, -0.05) is 74.5 Å². The van der Waals surface area contributed by atoms with Gasteiger partial charge in [-0.2, -0.15) is 0 Å². The molecule has 276 valence electrons. The molecule has 4 rings (SSSR count). The molecule has 0 aliphatic carbocycles. The summed E-state index contributed by atoms with van der Waals surface area (Å²) in [4.78, 5) is 42.8. The van der Waals surface area contributed by atoms with Gasteiger partial charge in [-0.15, -0.1) is 0 Å². The summed E-state index contributed by atoms with van der Waals surface area (Å²) in [6.45, 7) is 10.4. The van der Waals surface area contributed by atoms with Crippen LogP contribution in [-0.4, -0.2) is 77.9 Å². The second-order valence-electron chi connectivity index (χ2n) is 14.8. The van der Waals surface area contributed by atoms with Crippen LogP contribution in [0.15, 0.2) is 84.9 Å². The normalized spacial score (nSPS) is 16.1. The van der Waals surface area contributed by atoms with Crippen LogP contribution < -0.4 is 20.7 Å². The molecule has 10 heteroatoms. The molecule has 1 heterocycles. The lowest BCUT2D eigenvalue weighted by atomic mass is 9.88. The van der Waals surface area contributed by atoms with Crippen molar-refractivity contribution in [2.24, 2.45) is 11.8 Å². The van der Waals surface area contributed by atoms with E-state index in [0.29, 0.717) is 43.5 Å². The molecule has 1 fully saturated rings. The van der Waals surface area contributed by atoms with Crippen LogP contribution in [0.5, 0.6) is 11.5 Å². The van der Waals surface area contributed by atoms with Gasteiger partial charge >= 0.3 is 6.09 Å². The Morgan fingerprint density at radius 3 is 1.96 bits per heavy atom. The summed E-state index contributed by atoms with van der Waals surface area (Å²) in [6.07, 6.45) is 0.615. The van der Waals surface area contributed by atoms with E-state index >= 15 is 0 Å². The molecule has 1 aliphatic rings. The number of likely N-dealkylation sites (tertiary alicyclic amines) is 1. The summed E-state index contributed by atoms with van der Waals surface area (Å²) in [5.74, 6) is 0.0802.